The Morgan fingerprint density at radius 1 is 1.25 bits per heavy atom. The number of carbonyl (C=O) groups excluding carboxylic acids is 1. The Morgan fingerprint density at radius 2 is 1.96 bits per heavy atom. The first-order valence-corrected chi connectivity index (χ1v) is 8.01. The summed E-state index contributed by atoms with van der Waals surface area (Å²) in [5.74, 6) is -1.21. The number of carbonyl (C=O) groups is 2. The highest BCUT2D eigenvalue weighted by Gasteiger charge is 2.22. The quantitative estimate of drug-likeness (QED) is 0.775. The molecule has 0 bridgehead atoms. The third kappa shape index (κ3) is 3.71. The predicted octanol–water partition coefficient (Wildman–Crippen LogP) is 4.31. The third-order valence-corrected chi connectivity index (χ3v) is 4.37. The van der Waals surface area contributed by atoms with E-state index in [1.54, 1.807) is 48.3 Å². The van der Waals surface area contributed by atoms with Crippen LogP contribution in [0, 0.1) is 0 Å². The monoisotopic (exact) mass is 388 g/mol. The predicted molar refractivity (Wildman–Crippen MR) is 97.3 cm³/mol. The van der Waals surface area contributed by atoms with Gasteiger partial charge in [-0.15, -0.1) is 0 Å². The second kappa shape index (κ2) is 7.40. The van der Waals surface area contributed by atoms with Crippen molar-refractivity contribution in [1.82, 2.24) is 4.90 Å². The van der Waals surface area contributed by atoms with Crippen molar-refractivity contribution in [2.24, 2.45) is 4.99 Å². The Morgan fingerprint density at radius 3 is 2.58 bits per heavy atom. The smallest absolute Gasteiger partial charge is 0.335 e. The summed E-state index contributed by atoms with van der Waals surface area (Å²) in [4.78, 5) is 29.3. The van der Waals surface area contributed by atoms with Crippen molar-refractivity contribution in [3.63, 3.8) is 0 Å². The summed E-state index contributed by atoms with van der Waals surface area (Å²) >= 11 is 3.34. The van der Waals surface area contributed by atoms with E-state index in [0.29, 0.717) is 11.3 Å². The van der Waals surface area contributed by atoms with Gasteiger partial charge in [-0.1, -0.05) is 28.1 Å². The minimum absolute atomic E-state index is 0.192. The van der Waals surface area contributed by atoms with Crippen molar-refractivity contribution in [2.45, 2.75) is 13.0 Å². The molecule has 2 aromatic carbocycles. The SMILES string of the molecule is C=Nc1cc(Br)ccc1C(=O)N(C)C(C)c1cccc(C(=O)O)c1. The fourth-order valence-corrected chi connectivity index (χ4v) is 2.69. The van der Waals surface area contributed by atoms with Crippen LogP contribution in [0.4, 0.5) is 5.69 Å². The van der Waals surface area contributed by atoms with Gasteiger partial charge in [-0.05, 0) is 49.5 Å². The van der Waals surface area contributed by atoms with Crippen molar-refractivity contribution in [1.29, 1.82) is 0 Å². The number of halogens is 1. The molecule has 0 heterocycles. The highest BCUT2D eigenvalue weighted by atomic mass is 79.9. The van der Waals surface area contributed by atoms with Gasteiger partial charge < -0.3 is 10.0 Å². The summed E-state index contributed by atoms with van der Waals surface area (Å²) in [5.41, 5.74) is 1.87. The molecule has 0 fully saturated rings. The van der Waals surface area contributed by atoms with E-state index in [1.807, 2.05) is 6.92 Å². The van der Waals surface area contributed by atoms with Crippen LogP contribution < -0.4 is 0 Å². The number of benzene rings is 2. The van der Waals surface area contributed by atoms with E-state index in [4.69, 9.17) is 5.11 Å². The first-order chi connectivity index (χ1) is 11.3. The maximum absolute atomic E-state index is 12.8. The lowest BCUT2D eigenvalue weighted by atomic mass is 10.0. The number of hydrogen-bond donors (Lipinski definition) is 1. The van der Waals surface area contributed by atoms with E-state index in [-0.39, 0.29) is 17.5 Å². The van der Waals surface area contributed by atoms with E-state index in [2.05, 4.69) is 27.6 Å². The Hall–Kier alpha value is -2.47. The minimum atomic E-state index is -0.996. The first-order valence-electron chi connectivity index (χ1n) is 7.22. The number of hydrogen-bond acceptors (Lipinski definition) is 3. The molecule has 1 unspecified atom stereocenters. The lowest BCUT2D eigenvalue weighted by Crippen LogP contribution is -2.29. The number of nitrogens with zero attached hydrogens (tertiary/aromatic N) is 2. The van der Waals surface area contributed by atoms with Crippen LogP contribution >= 0.6 is 15.9 Å². The van der Waals surface area contributed by atoms with Crippen molar-refractivity contribution < 1.29 is 14.7 Å². The molecule has 0 aliphatic rings. The maximum atomic E-state index is 12.8. The second-order valence-electron chi connectivity index (χ2n) is 5.34. The van der Waals surface area contributed by atoms with Gasteiger partial charge in [0, 0.05) is 11.5 Å². The lowest BCUT2D eigenvalue weighted by molar-refractivity contribution is 0.0696. The van der Waals surface area contributed by atoms with Crippen LogP contribution in [-0.4, -0.2) is 35.6 Å². The summed E-state index contributed by atoms with van der Waals surface area (Å²) in [6, 6.07) is 11.5. The molecule has 2 aromatic rings. The summed E-state index contributed by atoms with van der Waals surface area (Å²) in [7, 11) is 1.68. The molecule has 0 spiro atoms. The number of amides is 1. The zero-order valence-electron chi connectivity index (χ0n) is 13.4. The molecule has 24 heavy (non-hydrogen) atoms. The number of carboxylic acid groups (broad SMARTS) is 1. The average Bonchev–Trinajstić information content (AvgIpc) is 2.59. The van der Waals surface area contributed by atoms with E-state index >= 15 is 0 Å². The molecule has 124 valence electrons. The van der Waals surface area contributed by atoms with Crippen LogP contribution in [0.3, 0.4) is 0 Å². The van der Waals surface area contributed by atoms with Crippen LogP contribution in [0.15, 0.2) is 51.9 Å². The largest absolute Gasteiger partial charge is 0.478 e. The Labute approximate surface area is 148 Å². The standard InChI is InChI=1S/C18H17BrN2O3/c1-11(12-5-4-6-13(9-12)18(23)24)21(3)17(22)15-8-7-14(19)10-16(15)20-2/h4-11H,2H2,1,3H3,(H,23,24). The van der Waals surface area contributed by atoms with E-state index < -0.39 is 5.97 Å². The fraction of sp³-hybridized carbons (Fsp3) is 0.167. The van der Waals surface area contributed by atoms with Gasteiger partial charge in [0.2, 0.25) is 0 Å². The zero-order valence-corrected chi connectivity index (χ0v) is 14.9. The molecular formula is C18H17BrN2O3. The summed E-state index contributed by atoms with van der Waals surface area (Å²) in [6.07, 6.45) is 0. The van der Waals surface area contributed by atoms with E-state index in [1.165, 1.54) is 6.07 Å². The third-order valence-electron chi connectivity index (χ3n) is 3.88. The molecule has 0 saturated heterocycles. The van der Waals surface area contributed by atoms with Gasteiger partial charge in [0.1, 0.15) is 0 Å². The Bertz CT molecular complexity index is 805. The molecule has 0 aliphatic carbocycles. The number of aromatic carboxylic acids is 1. The van der Waals surface area contributed by atoms with Crippen molar-refractivity contribution in [3.8, 4) is 0 Å². The van der Waals surface area contributed by atoms with Gasteiger partial charge in [-0.2, -0.15) is 0 Å². The fourth-order valence-electron chi connectivity index (χ4n) is 2.34. The first kappa shape index (κ1) is 17.9. The molecule has 5 nitrogen and oxygen atoms in total. The minimum Gasteiger partial charge on any atom is -0.478 e. The molecular weight excluding hydrogens is 372 g/mol. The van der Waals surface area contributed by atoms with E-state index in [0.717, 1.165) is 10.0 Å². The van der Waals surface area contributed by atoms with Crippen molar-refractivity contribution in [2.75, 3.05) is 7.05 Å². The molecule has 0 radical (unpaired) electrons. The zero-order chi connectivity index (χ0) is 17.9. The molecule has 6 heteroatoms. The summed E-state index contributed by atoms with van der Waals surface area (Å²) in [6.45, 7) is 5.35. The van der Waals surface area contributed by atoms with Gasteiger partial charge in [0.15, 0.2) is 0 Å². The lowest BCUT2D eigenvalue weighted by Gasteiger charge is -2.26. The van der Waals surface area contributed by atoms with Crippen molar-refractivity contribution >= 4 is 40.2 Å². The van der Waals surface area contributed by atoms with Crippen LogP contribution in [-0.2, 0) is 0 Å². The summed E-state index contributed by atoms with van der Waals surface area (Å²) < 4.78 is 0.811. The molecule has 0 saturated carbocycles. The topological polar surface area (TPSA) is 70.0 Å². The van der Waals surface area contributed by atoms with Crippen LogP contribution in [0.2, 0.25) is 0 Å². The van der Waals surface area contributed by atoms with Gasteiger partial charge in [0.25, 0.3) is 5.91 Å². The average molecular weight is 389 g/mol. The normalized spacial score (nSPS) is 11.6. The molecule has 1 N–H and O–H groups in total. The summed E-state index contributed by atoms with van der Waals surface area (Å²) in [5, 5.41) is 9.11. The maximum Gasteiger partial charge on any atom is 0.335 e. The number of aliphatic imine (C=N–C) groups is 1. The van der Waals surface area contributed by atoms with Gasteiger partial charge in [-0.3, -0.25) is 9.79 Å². The highest BCUT2D eigenvalue weighted by molar-refractivity contribution is 9.10. The molecule has 1 amide bonds. The molecule has 0 aromatic heterocycles. The Balaban J connectivity index is 2.32. The second-order valence-corrected chi connectivity index (χ2v) is 6.26. The molecule has 0 aliphatic heterocycles. The highest BCUT2D eigenvalue weighted by Crippen LogP contribution is 2.28. The number of rotatable bonds is 5. The number of carboxylic acids is 1. The van der Waals surface area contributed by atoms with Gasteiger partial charge in [-0.25, -0.2) is 4.79 Å². The molecule has 1 atom stereocenters. The Kier molecular flexibility index (Phi) is 5.51. The van der Waals surface area contributed by atoms with Gasteiger partial charge in [0.05, 0.1) is 22.9 Å². The van der Waals surface area contributed by atoms with Crippen molar-refractivity contribution in [3.05, 3.63) is 63.6 Å². The van der Waals surface area contributed by atoms with Gasteiger partial charge >= 0.3 is 5.97 Å². The van der Waals surface area contributed by atoms with E-state index in [9.17, 15) is 9.59 Å². The van der Waals surface area contributed by atoms with Crippen LogP contribution in [0.5, 0.6) is 0 Å². The molecule has 2 rings (SSSR count). The van der Waals surface area contributed by atoms with Crippen LogP contribution in [0.1, 0.15) is 39.2 Å². The van der Waals surface area contributed by atoms with Crippen LogP contribution in [0.25, 0.3) is 0 Å².